The van der Waals surface area contributed by atoms with Gasteiger partial charge in [0, 0.05) is 28.6 Å². The largest absolute Gasteiger partial charge is 0.323 e. The first-order valence-corrected chi connectivity index (χ1v) is 10.9. The van der Waals surface area contributed by atoms with E-state index < -0.39 is 0 Å². The van der Waals surface area contributed by atoms with E-state index in [1.165, 1.54) is 16.6 Å². The van der Waals surface area contributed by atoms with E-state index in [-0.39, 0.29) is 16.8 Å². The summed E-state index contributed by atoms with van der Waals surface area (Å²) in [4.78, 5) is 17.5. The van der Waals surface area contributed by atoms with Gasteiger partial charge in [0.2, 0.25) is 5.91 Å². The Balaban J connectivity index is 1.67. The minimum Gasteiger partial charge on any atom is -0.323 e. The molecule has 0 fully saturated rings. The van der Waals surface area contributed by atoms with E-state index in [0.29, 0.717) is 5.69 Å². The van der Waals surface area contributed by atoms with Gasteiger partial charge in [0.15, 0.2) is 16.1 Å². The molecular formula is C18H20ClN5OS2. The predicted octanol–water partition coefficient (Wildman–Crippen LogP) is 4.76. The smallest absolute Gasteiger partial charge is 0.234 e. The van der Waals surface area contributed by atoms with Gasteiger partial charge in [0.05, 0.1) is 11.4 Å². The average molecular weight is 422 g/mol. The van der Waals surface area contributed by atoms with Crippen molar-refractivity contribution in [1.82, 2.24) is 19.7 Å². The second-order valence-corrected chi connectivity index (χ2v) is 8.08. The predicted molar refractivity (Wildman–Crippen MR) is 112 cm³/mol. The van der Waals surface area contributed by atoms with Gasteiger partial charge in [-0.25, -0.2) is 4.98 Å². The van der Waals surface area contributed by atoms with E-state index in [1.54, 1.807) is 29.7 Å². The van der Waals surface area contributed by atoms with Gasteiger partial charge in [-0.15, -0.1) is 21.5 Å². The summed E-state index contributed by atoms with van der Waals surface area (Å²) in [5.41, 5.74) is 1.58. The number of rotatable bonds is 8. The summed E-state index contributed by atoms with van der Waals surface area (Å²) >= 11 is 9.07. The highest BCUT2D eigenvalue weighted by molar-refractivity contribution is 7.99. The fourth-order valence-corrected chi connectivity index (χ4v) is 4.50. The molecule has 3 aromatic rings. The molecule has 0 aromatic carbocycles. The maximum absolute atomic E-state index is 12.2. The van der Waals surface area contributed by atoms with Crippen LogP contribution in [0.1, 0.15) is 25.1 Å². The van der Waals surface area contributed by atoms with Crippen molar-refractivity contribution in [2.24, 2.45) is 0 Å². The Morgan fingerprint density at radius 1 is 1.37 bits per heavy atom. The second kappa shape index (κ2) is 9.34. The summed E-state index contributed by atoms with van der Waals surface area (Å²) in [6.07, 6.45) is 3.77. The third-order valence-corrected chi connectivity index (χ3v) is 6.07. The van der Waals surface area contributed by atoms with Crippen LogP contribution in [0.5, 0.6) is 0 Å². The fourth-order valence-electron chi connectivity index (χ4n) is 2.57. The Morgan fingerprint density at radius 2 is 2.22 bits per heavy atom. The molecule has 0 spiro atoms. The van der Waals surface area contributed by atoms with E-state index in [4.69, 9.17) is 11.6 Å². The van der Waals surface area contributed by atoms with Gasteiger partial charge in [0.25, 0.3) is 0 Å². The number of nitrogens with zero attached hydrogens (tertiary/aromatic N) is 4. The molecule has 0 aliphatic rings. The molecule has 0 atom stereocenters. The SMILES string of the molecule is CCCc1cc(-c2nnc(SCC(=O)Nc3cccnc3Cl)n2CC)cs1. The molecule has 3 heterocycles. The lowest BCUT2D eigenvalue weighted by Crippen LogP contribution is -2.15. The molecule has 1 amide bonds. The summed E-state index contributed by atoms with van der Waals surface area (Å²) < 4.78 is 2.03. The number of thiophene rings is 1. The number of hydrogen-bond donors (Lipinski definition) is 1. The van der Waals surface area contributed by atoms with Gasteiger partial charge in [-0.2, -0.15) is 0 Å². The van der Waals surface area contributed by atoms with Crippen LogP contribution in [-0.4, -0.2) is 31.4 Å². The van der Waals surface area contributed by atoms with E-state index in [2.05, 4.69) is 38.9 Å². The highest BCUT2D eigenvalue weighted by Crippen LogP contribution is 2.28. The van der Waals surface area contributed by atoms with Crippen molar-refractivity contribution in [2.75, 3.05) is 11.1 Å². The summed E-state index contributed by atoms with van der Waals surface area (Å²) in [5.74, 6) is 0.894. The summed E-state index contributed by atoms with van der Waals surface area (Å²) in [6, 6.07) is 5.62. The van der Waals surface area contributed by atoms with Crippen LogP contribution in [0.15, 0.2) is 34.9 Å². The van der Waals surface area contributed by atoms with Crippen molar-refractivity contribution < 1.29 is 4.79 Å². The lowest BCUT2D eigenvalue weighted by atomic mass is 10.2. The average Bonchev–Trinajstić information content (AvgIpc) is 3.28. The summed E-state index contributed by atoms with van der Waals surface area (Å²) in [5, 5.41) is 14.5. The van der Waals surface area contributed by atoms with Crippen molar-refractivity contribution in [3.05, 3.63) is 39.8 Å². The van der Waals surface area contributed by atoms with Crippen LogP contribution in [0, 0.1) is 0 Å². The van der Waals surface area contributed by atoms with Crippen LogP contribution in [-0.2, 0) is 17.8 Å². The highest BCUT2D eigenvalue weighted by atomic mass is 35.5. The van der Waals surface area contributed by atoms with Gasteiger partial charge in [0.1, 0.15) is 0 Å². The molecule has 0 bridgehead atoms. The Labute approximate surface area is 171 Å². The molecule has 0 radical (unpaired) electrons. The van der Waals surface area contributed by atoms with Crippen LogP contribution < -0.4 is 5.32 Å². The second-order valence-electron chi connectivity index (χ2n) is 5.78. The number of halogens is 1. The number of amides is 1. The topological polar surface area (TPSA) is 72.7 Å². The molecule has 3 rings (SSSR count). The van der Waals surface area contributed by atoms with Crippen molar-refractivity contribution in [3.8, 4) is 11.4 Å². The number of pyridine rings is 1. The number of hydrogen-bond acceptors (Lipinski definition) is 6. The number of aromatic nitrogens is 4. The molecular weight excluding hydrogens is 402 g/mol. The van der Waals surface area contributed by atoms with Crippen molar-refractivity contribution in [2.45, 2.75) is 38.4 Å². The van der Waals surface area contributed by atoms with Crippen LogP contribution in [0.2, 0.25) is 5.15 Å². The number of anilines is 1. The molecule has 1 N–H and O–H groups in total. The third-order valence-electron chi connectivity index (χ3n) is 3.81. The molecule has 0 aliphatic heterocycles. The van der Waals surface area contributed by atoms with Crippen LogP contribution in [0.25, 0.3) is 11.4 Å². The molecule has 0 unspecified atom stereocenters. The number of carbonyl (C=O) groups excluding carboxylic acids is 1. The number of aryl methyl sites for hydroxylation is 1. The Hall–Kier alpha value is -1.90. The highest BCUT2D eigenvalue weighted by Gasteiger charge is 2.16. The molecule has 0 aliphatic carbocycles. The van der Waals surface area contributed by atoms with E-state index >= 15 is 0 Å². The van der Waals surface area contributed by atoms with E-state index in [0.717, 1.165) is 35.9 Å². The Morgan fingerprint density at radius 3 is 2.96 bits per heavy atom. The van der Waals surface area contributed by atoms with Crippen molar-refractivity contribution >= 4 is 46.3 Å². The van der Waals surface area contributed by atoms with Gasteiger partial charge >= 0.3 is 0 Å². The standard InChI is InChI=1S/C18H20ClN5OS2/c1-3-6-13-9-12(10-26-13)17-22-23-18(24(17)4-2)27-11-15(25)21-14-7-5-8-20-16(14)19/h5,7-10H,3-4,6,11H2,1-2H3,(H,21,25). The molecule has 9 heteroatoms. The quantitative estimate of drug-likeness (QED) is 0.419. The van der Waals surface area contributed by atoms with Gasteiger partial charge in [-0.3, -0.25) is 4.79 Å². The molecule has 3 aromatic heterocycles. The fraction of sp³-hybridized carbons (Fsp3) is 0.333. The Kier molecular flexibility index (Phi) is 6.87. The molecule has 0 saturated heterocycles. The number of carbonyl (C=O) groups is 1. The van der Waals surface area contributed by atoms with Crippen molar-refractivity contribution in [1.29, 1.82) is 0 Å². The zero-order valence-electron chi connectivity index (χ0n) is 15.1. The summed E-state index contributed by atoms with van der Waals surface area (Å²) in [7, 11) is 0. The van der Waals surface area contributed by atoms with Crippen LogP contribution in [0.4, 0.5) is 5.69 Å². The first-order valence-electron chi connectivity index (χ1n) is 8.66. The van der Waals surface area contributed by atoms with Gasteiger partial charge in [-0.1, -0.05) is 36.7 Å². The minimum atomic E-state index is -0.164. The molecule has 6 nitrogen and oxygen atoms in total. The third kappa shape index (κ3) is 4.88. The Bertz CT molecular complexity index is 924. The normalized spacial score (nSPS) is 10.9. The first-order chi connectivity index (χ1) is 13.1. The maximum atomic E-state index is 12.2. The minimum absolute atomic E-state index is 0.164. The monoisotopic (exact) mass is 421 g/mol. The lowest BCUT2D eigenvalue weighted by Gasteiger charge is -2.07. The molecule has 142 valence electrons. The zero-order valence-corrected chi connectivity index (χ0v) is 17.5. The van der Waals surface area contributed by atoms with E-state index in [9.17, 15) is 4.79 Å². The van der Waals surface area contributed by atoms with Crippen LogP contribution >= 0.6 is 34.7 Å². The number of nitrogens with one attached hydrogen (secondary N) is 1. The zero-order chi connectivity index (χ0) is 19.2. The van der Waals surface area contributed by atoms with E-state index in [1.807, 2.05) is 11.5 Å². The first kappa shape index (κ1) is 19.9. The van der Waals surface area contributed by atoms with Crippen LogP contribution in [0.3, 0.4) is 0 Å². The van der Waals surface area contributed by atoms with Gasteiger partial charge < -0.3 is 9.88 Å². The lowest BCUT2D eigenvalue weighted by molar-refractivity contribution is -0.113. The molecule has 0 saturated carbocycles. The number of thioether (sulfide) groups is 1. The molecule has 27 heavy (non-hydrogen) atoms. The van der Waals surface area contributed by atoms with Gasteiger partial charge in [-0.05, 0) is 31.5 Å². The maximum Gasteiger partial charge on any atom is 0.234 e. The van der Waals surface area contributed by atoms with Crippen molar-refractivity contribution in [3.63, 3.8) is 0 Å². The summed E-state index contributed by atoms with van der Waals surface area (Å²) in [6.45, 7) is 4.96.